The predicted molar refractivity (Wildman–Crippen MR) is 140 cm³/mol. The molecule has 36 heavy (non-hydrogen) atoms. The lowest BCUT2D eigenvalue weighted by Crippen LogP contribution is -2.14. The van der Waals surface area contributed by atoms with Gasteiger partial charge in [0.25, 0.3) is 5.24 Å². The Kier molecular flexibility index (Phi) is 7.86. The minimum atomic E-state index is -1.07. The molecule has 0 spiro atoms. The zero-order valence-corrected chi connectivity index (χ0v) is 20.9. The third-order valence-corrected chi connectivity index (χ3v) is 6.23. The van der Waals surface area contributed by atoms with Crippen molar-refractivity contribution in [2.45, 2.75) is 26.3 Å². The van der Waals surface area contributed by atoms with Crippen LogP contribution >= 0.6 is 11.6 Å². The zero-order valence-electron chi connectivity index (χ0n) is 20.1. The van der Waals surface area contributed by atoms with Gasteiger partial charge in [0, 0.05) is 12.2 Å². The van der Waals surface area contributed by atoms with Crippen LogP contribution in [-0.4, -0.2) is 35.3 Å². The van der Waals surface area contributed by atoms with Gasteiger partial charge in [0.2, 0.25) is 5.78 Å². The molecule has 4 aromatic rings. The number of carbonyl (C=O) groups excluding carboxylic acids is 3. The summed E-state index contributed by atoms with van der Waals surface area (Å²) < 4.78 is 12.5. The number of Topliss-reactive ketones (excluding diaryl/α,β-unsaturated/α-hetero) is 1. The van der Waals surface area contributed by atoms with Gasteiger partial charge in [-0.3, -0.25) is 9.59 Å². The van der Waals surface area contributed by atoms with E-state index in [1.807, 2.05) is 47.9 Å². The maximum Gasteiger partial charge on any atom is 0.343 e. The van der Waals surface area contributed by atoms with E-state index in [2.05, 4.69) is 24.3 Å². The molecule has 6 nitrogen and oxygen atoms in total. The number of fused-ring (bicyclic) bond motifs is 1. The lowest BCUT2D eigenvalue weighted by Gasteiger charge is -2.15. The minimum absolute atomic E-state index is 0.213. The molecule has 1 heterocycles. The first-order valence-corrected chi connectivity index (χ1v) is 12.0. The third kappa shape index (κ3) is 5.04. The number of aromatic nitrogens is 1. The van der Waals surface area contributed by atoms with Gasteiger partial charge in [-0.1, -0.05) is 74.0 Å². The van der Waals surface area contributed by atoms with Crippen LogP contribution in [0.4, 0.5) is 0 Å². The predicted octanol–water partition coefficient (Wildman–Crippen LogP) is 5.81. The molecule has 0 aliphatic carbocycles. The highest BCUT2D eigenvalue weighted by Crippen LogP contribution is 2.37. The smallest absolute Gasteiger partial charge is 0.343 e. The van der Waals surface area contributed by atoms with Crippen molar-refractivity contribution in [1.82, 2.24) is 4.57 Å². The number of rotatable bonds is 10. The van der Waals surface area contributed by atoms with Crippen molar-refractivity contribution in [3.63, 3.8) is 0 Å². The van der Waals surface area contributed by atoms with Crippen molar-refractivity contribution >= 4 is 39.5 Å². The second kappa shape index (κ2) is 11.2. The molecule has 4 rings (SSSR count). The van der Waals surface area contributed by atoms with Gasteiger partial charge in [0.15, 0.2) is 6.61 Å². The van der Waals surface area contributed by atoms with Crippen LogP contribution in [0.1, 0.15) is 35.0 Å². The van der Waals surface area contributed by atoms with E-state index < -0.39 is 17.0 Å². The first-order chi connectivity index (χ1) is 17.5. The summed E-state index contributed by atoms with van der Waals surface area (Å²) >= 11 is 5.70. The quantitative estimate of drug-likeness (QED) is 0.118. The SMILES string of the molecule is CCCc1c(C(=O)C(=O)Cl)c2c(OCC(=O)OC)cccc2n1Cc1ccccc1-c1ccccc1. The van der Waals surface area contributed by atoms with Gasteiger partial charge in [0.1, 0.15) is 5.75 Å². The molecule has 184 valence electrons. The van der Waals surface area contributed by atoms with Gasteiger partial charge >= 0.3 is 5.97 Å². The van der Waals surface area contributed by atoms with Crippen LogP contribution < -0.4 is 4.74 Å². The molecule has 0 unspecified atom stereocenters. The number of hydrogen-bond acceptors (Lipinski definition) is 5. The summed E-state index contributed by atoms with van der Waals surface area (Å²) in [5.41, 5.74) is 4.82. The average Bonchev–Trinajstić information content (AvgIpc) is 3.21. The molecule has 7 heteroatoms. The number of nitrogens with zero attached hydrogens (tertiary/aromatic N) is 1. The first-order valence-electron chi connectivity index (χ1n) is 11.7. The minimum Gasteiger partial charge on any atom is -0.481 e. The van der Waals surface area contributed by atoms with E-state index in [9.17, 15) is 14.4 Å². The summed E-state index contributed by atoms with van der Waals surface area (Å²) in [5.74, 6) is -1.04. The monoisotopic (exact) mass is 503 g/mol. The lowest BCUT2D eigenvalue weighted by atomic mass is 9.99. The molecule has 0 aliphatic rings. The van der Waals surface area contributed by atoms with Crippen LogP contribution in [0.2, 0.25) is 0 Å². The molecule has 0 atom stereocenters. The fourth-order valence-electron chi connectivity index (χ4n) is 4.48. The summed E-state index contributed by atoms with van der Waals surface area (Å²) in [6.45, 7) is 2.13. The molecule has 0 bridgehead atoms. The van der Waals surface area contributed by atoms with Gasteiger partial charge in [-0.2, -0.15) is 0 Å². The van der Waals surface area contributed by atoms with E-state index in [0.717, 1.165) is 23.1 Å². The molecular formula is C29H26ClNO5. The Morgan fingerprint density at radius 2 is 1.64 bits per heavy atom. The largest absolute Gasteiger partial charge is 0.481 e. The van der Waals surface area contributed by atoms with Crippen molar-refractivity contribution in [2.75, 3.05) is 13.7 Å². The molecule has 3 aromatic carbocycles. The van der Waals surface area contributed by atoms with Crippen molar-refractivity contribution in [1.29, 1.82) is 0 Å². The highest BCUT2D eigenvalue weighted by molar-refractivity contribution is 6.83. The Labute approximate surface area is 214 Å². The van der Waals surface area contributed by atoms with Gasteiger partial charge in [0.05, 0.1) is 23.6 Å². The molecule has 1 aromatic heterocycles. The molecular weight excluding hydrogens is 478 g/mol. The number of halogens is 1. The fraction of sp³-hybridized carbons (Fsp3) is 0.207. The van der Waals surface area contributed by atoms with Crippen molar-refractivity contribution in [3.05, 3.63) is 89.6 Å². The van der Waals surface area contributed by atoms with Crippen LogP contribution in [0.25, 0.3) is 22.0 Å². The Morgan fingerprint density at radius 3 is 2.33 bits per heavy atom. The Hall–Kier alpha value is -3.90. The topological polar surface area (TPSA) is 74.6 Å². The Morgan fingerprint density at radius 1 is 0.917 bits per heavy atom. The van der Waals surface area contributed by atoms with Gasteiger partial charge in [-0.15, -0.1) is 0 Å². The van der Waals surface area contributed by atoms with Crippen molar-refractivity contribution in [3.8, 4) is 16.9 Å². The molecule has 0 saturated heterocycles. The normalized spacial score (nSPS) is 10.9. The van der Waals surface area contributed by atoms with Crippen LogP contribution in [-0.2, 0) is 27.3 Å². The summed E-state index contributed by atoms with van der Waals surface area (Å²) in [5, 5.41) is -0.611. The average molecular weight is 504 g/mol. The highest BCUT2D eigenvalue weighted by atomic mass is 35.5. The molecule has 0 aliphatic heterocycles. The van der Waals surface area contributed by atoms with Gasteiger partial charge < -0.3 is 14.0 Å². The second-order valence-electron chi connectivity index (χ2n) is 8.30. The van der Waals surface area contributed by atoms with E-state index in [0.29, 0.717) is 35.3 Å². The van der Waals surface area contributed by atoms with E-state index in [-0.39, 0.29) is 12.2 Å². The Balaban J connectivity index is 1.94. The number of benzene rings is 3. The number of methoxy groups -OCH3 is 1. The summed E-state index contributed by atoms with van der Waals surface area (Å²) in [6.07, 6.45) is 1.29. The lowest BCUT2D eigenvalue weighted by molar-refractivity contribution is -0.142. The van der Waals surface area contributed by atoms with Crippen molar-refractivity contribution in [2.24, 2.45) is 0 Å². The van der Waals surface area contributed by atoms with Gasteiger partial charge in [-0.25, -0.2) is 4.79 Å². The van der Waals surface area contributed by atoms with E-state index in [4.69, 9.17) is 21.1 Å². The molecule has 0 N–H and O–H groups in total. The maximum atomic E-state index is 13.1. The van der Waals surface area contributed by atoms with Crippen LogP contribution in [0, 0.1) is 0 Å². The van der Waals surface area contributed by atoms with E-state index >= 15 is 0 Å². The van der Waals surface area contributed by atoms with E-state index in [1.54, 1.807) is 12.1 Å². The maximum absolute atomic E-state index is 13.1. The number of hydrogen-bond donors (Lipinski definition) is 0. The fourth-order valence-corrected chi connectivity index (χ4v) is 4.58. The number of esters is 1. The van der Waals surface area contributed by atoms with Gasteiger partial charge in [-0.05, 0) is 46.8 Å². The first kappa shape index (κ1) is 25.2. The van der Waals surface area contributed by atoms with Crippen LogP contribution in [0.15, 0.2) is 72.8 Å². The summed E-state index contributed by atoms with van der Waals surface area (Å²) in [6, 6.07) is 23.5. The molecule has 0 radical (unpaired) electrons. The summed E-state index contributed by atoms with van der Waals surface area (Å²) in [7, 11) is 1.27. The molecule has 0 amide bonds. The number of carbonyl (C=O) groups is 3. The van der Waals surface area contributed by atoms with Crippen molar-refractivity contribution < 1.29 is 23.9 Å². The molecule has 0 fully saturated rings. The standard InChI is InChI=1S/C29H26ClNO5/c1-3-10-22-27(28(33)29(30)34)26-23(15-9-16-24(26)36-18-25(32)35-2)31(22)17-20-13-7-8-14-21(20)19-11-5-4-6-12-19/h4-9,11-16H,3,10,17-18H2,1-2H3. The number of ether oxygens (including phenoxy) is 2. The highest BCUT2D eigenvalue weighted by Gasteiger charge is 2.28. The summed E-state index contributed by atoms with van der Waals surface area (Å²) in [4.78, 5) is 36.9. The second-order valence-corrected chi connectivity index (χ2v) is 8.64. The third-order valence-electron chi connectivity index (χ3n) is 6.06. The van der Waals surface area contributed by atoms with Crippen LogP contribution in [0.3, 0.4) is 0 Å². The van der Waals surface area contributed by atoms with E-state index in [1.165, 1.54) is 7.11 Å². The zero-order chi connectivity index (χ0) is 25.7. The molecule has 0 saturated carbocycles. The van der Waals surface area contributed by atoms with Crippen LogP contribution in [0.5, 0.6) is 5.75 Å². The number of ketones is 1. The Bertz CT molecular complexity index is 1420.